The number of likely N-dealkylation sites (tertiary alicyclic amines) is 3. The highest BCUT2D eigenvalue weighted by molar-refractivity contribution is 9.11. The number of para-hydroxylation sites is 1. The van der Waals surface area contributed by atoms with Gasteiger partial charge in [0.15, 0.2) is 0 Å². The van der Waals surface area contributed by atoms with Gasteiger partial charge in [0.1, 0.15) is 11.8 Å². The Morgan fingerprint density at radius 1 is 0.889 bits per heavy atom. The molecule has 0 radical (unpaired) electrons. The van der Waals surface area contributed by atoms with Crippen LogP contribution in [0.15, 0.2) is 45.3 Å². The zero-order chi connectivity index (χ0) is 31.5. The molecule has 3 fully saturated rings. The van der Waals surface area contributed by atoms with Gasteiger partial charge in [0.25, 0.3) is 0 Å². The number of nitrogens with one attached hydrogen (secondary N) is 2. The number of fused-ring (bicyclic) bond motifs is 1. The molecule has 0 aromatic heterocycles. The number of anilines is 1. The molecule has 12 heteroatoms. The van der Waals surface area contributed by atoms with E-state index in [2.05, 4.69) is 47.4 Å². The van der Waals surface area contributed by atoms with E-state index in [1.807, 2.05) is 34.1 Å². The molecule has 0 spiro atoms. The molecule has 45 heavy (non-hydrogen) atoms. The smallest absolute Gasteiger partial charge is 0.322 e. The maximum absolute atomic E-state index is 14.0. The van der Waals surface area contributed by atoms with E-state index >= 15 is 0 Å². The topological polar surface area (TPSA) is 108 Å². The lowest BCUT2D eigenvalue weighted by atomic mass is 9.98. The molecule has 4 heterocycles. The predicted octanol–water partition coefficient (Wildman–Crippen LogP) is 5.53. The molecule has 10 nitrogen and oxygen atoms in total. The highest BCUT2D eigenvalue weighted by atomic mass is 79.9. The van der Waals surface area contributed by atoms with Crippen LogP contribution in [0.4, 0.5) is 15.3 Å². The van der Waals surface area contributed by atoms with Gasteiger partial charge < -0.3 is 35.3 Å². The molecule has 5 amide bonds. The molecule has 4 aliphatic heterocycles. The van der Waals surface area contributed by atoms with E-state index in [0.717, 1.165) is 42.7 Å². The van der Waals surface area contributed by atoms with Crippen LogP contribution in [0.1, 0.15) is 56.1 Å². The molecule has 0 bridgehead atoms. The van der Waals surface area contributed by atoms with Crippen LogP contribution in [0.3, 0.4) is 0 Å². The van der Waals surface area contributed by atoms with E-state index in [9.17, 15) is 19.5 Å². The summed E-state index contributed by atoms with van der Waals surface area (Å²) < 4.78 is 1.05. The largest absolute Gasteiger partial charge is 0.506 e. The van der Waals surface area contributed by atoms with Crippen molar-refractivity contribution in [2.75, 3.05) is 44.6 Å². The van der Waals surface area contributed by atoms with Crippen LogP contribution in [0.2, 0.25) is 0 Å². The Labute approximate surface area is 281 Å². The van der Waals surface area contributed by atoms with Crippen LogP contribution in [-0.2, 0) is 17.8 Å². The van der Waals surface area contributed by atoms with Crippen LogP contribution >= 0.6 is 31.9 Å². The van der Waals surface area contributed by atoms with E-state index in [4.69, 9.17) is 0 Å². The molecule has 2 aromatic carbocycles. The number of rotatable bonds is 6. The number of benzene rings is 2. The Balaban J connectivity index is 1.09. The average Bonchev–Trinajstić information content (AvgIpc) is 3.06. The second-order valence-corrected chi connectivity index (χ2v) is 14.4. The van der Waals surface area contributed by atoms with Crippen molar-refractivity contribution in [3.8, 4) is 5.75 Å². The first kappa shape index (κ1) is 32.1. The van der Waals surface area contributed by atoms with Crippen molar-refractivity contribution >= 4 is 55.5 Å². The third-order valence-corrected chi connectivity index (χ3v) is 11.1. The van der Waals surface area contributed by atoms with Crippen molar-refractivity contribution in [1.29, 1.82) is 0 Å². The minimum absolute atomic E-state index is 0.0349. The number of hydrogen-bond acceptors (Lipinski definition) is 5. The Bertz CT molecular complexity index is 1380. The molecule has 2 aromatic rings. The van der Waals surface area contributed by atoms with Crippen LogP contribution in [0.5, 0.6) is 5.75 Å². The predicted molar refractivity (Wildman–Crippen MR) is 180 cm³/mol. The summed E-state index contributed by atoms with van der Waals surface area (Å²) in [5.74, 6) is 0.0264. The second kappa shape index (κ2) is 14.3. The first-order valence-corrected chi connectivity index (χ1v) is 17.8. The molecule has 1 atom stereocenters. The van der Waals surface area contributed by atoms with Gasteiger partial charge in [-0.05, 0) is 113 Å². The van der Waals surface area contributed by atoms with Gasteiger partial charge in [-0.25, -0.2) is 9.59 Å². The lowest BCUT2D eigenvalue weighted by Crippen LogP contribution is -2.57. The maximum Gasteiger partial charge on any atom is 0.322 e. The quantitative estimate of drug-likeness (QED) is 0.361. The highest BCUT2D eigenvalue weighted by Crippen LogP contribution is 2.34. The number of amides is 5. The third kappa shape index (κ3) is 7.44. The zero-order valence-electron chi connectivity index (χ0n) is 25.5. The summed E-state index contributed by atoms with van der Waals surface area (Å²) in [6, 6.07) is 10.9. The SMILES string of the molecule is O=C(N[C@H](Cc1cc(Br)c(O)c(Br)c1)C(=O)N1CCC(N2CCCCC2)CC1)N1CCC(N2Cc3ccccc3NC2=O)CC1. The fourth-order valence-corrected chi connectivity index (χ4v) is 8.55. The molecule has 0 saturated carbocycles. The molecule has 4 aliphatic rings. The van der Waals surface area contributed by atoms with Gasteiger partial charge in [-0.2, -0.15) is 0 Å². The number of hydrogen-bond donors (Lipinski definition) is 3. The molecular weight excluding hydrogens is 704 g/mol. The van der Waals surface area contributed by atoms with Crippen molar-refractivity contribution < 1.29 is 19.5 Å². The lowest BCUT2D eigenvalue weighted by Gasteiger charge is -2.42. The summed E-state index contributed by atoms with van der Waals surface area (Å²) in [6.07, 6.45) is 7.35. The Hall–Kier alpha value is -2.83. The first-order valence-electron chi connectivity index (χ1n) is 16.2. The van der Waals surface area contributed by atoms with Gasteiger partial charge in [-0.3, -0.25) is 4.79 Å². The number of halogens is 2. The van der Waals surface area contributed by atoms with Crippen molar-refractivity contribution in [3.05, 3.63) is 56.5 Å². The summed E-state index contributed by atoms with van der Waals surface area (Å²) in [5, 5.41) is 16.3. The molecule has 3 N–H and O–H groups in total. The van der Waals surface area contributed by atoms with Crippen molar-refractivity contribution in [2.24, 2.45) is 0 Å². The Morgan fingerprint density at radius 3 is 2.20 bits per heavy atom. The van der Waals surface area contributed by atoms with E-state index in [0.29, 0.717) is 67.0 Å². The summed E-state index contributed by atoms with van der Waals surface area (Å²) >= 11 is 6.80. The Kier molecular flexibility index (Phi) is 10.2. The molecule has 242 valence electrons. The number of phenolic OH excluding ortho intramolecular Hbond substituents is 1. The van der Waals surface area contributed by atoms with Gasteiger partial charge in [0.05, 0.1) is 8.95 Å². The maximum atomic E-state index is 14.0. The molecule has 0 unspecified atom stereocenters. The lowest BCUT2D eigenvalue weighted by molar-refractivity contribution is -0.134. The van der Waals surface area contributed by atoms with Crippen LogP contribution in [0, 0.1) is 0 Å². The molecule has 3 saturated heterocycles. The minimum Gasteiger partial charge on any atom is -0.506 e. The minimum atomic E-state index is -0.741. The van der Waals surface area contributed by atoms with Gasteiger partial charge in [0.2, 0.25) is 5.91 Å². The number of nitrogens with zero attached hydrogens (tertiary/aromatic N) is 4. The number of carbonyl (C=O) groups excluding carboxylic acids is 3. The number of piperidine rings is 3. The van der Waals surface area contributed by atoms with Crippen molar-refractivity contribution in [3.63, 3.8) is 0 Å². The van der Waals surface area contributed by atoms with Crippen LogP contribution in [-0.4, -0.2) is 100 Å². The number of aromatic hydroxyl groups is 1. The van der Waals surface area contributed by atoms with Crippen LogP contribution < -0.4 is 10.6 Å². The normalized spacial score (nSPS) is 20.8. The summed E-state index contributed by atoms with van der Waals surface area (Å²) in [6.45, 7) is 5.22. The third-order valence-electron chi connectivity index (χ3n) is 9.85. The van der Waals surface area contributed by atoms with E-state index in [1.54, 1.807) is 17.0 Å². The van der Waals surface area contributed by atoms with Gasteiger partial charge in [0, 0.05) is 56.9 Å². The standard InChI is InChI=1S/C33H42Br2N6O4/c34-26-18-22(19-27(35)30(26)42)20-29(31(43)39-14-8-24(9-15-39)38-12-4-1-5-13-38)37-32(44)40-16-10-25(11-17-40)41-21-23-6-2-3-7-28(23)36-33(41)45/h2-3,6-7,18-19,24-25,29,42H,1,4-5,8-17,20-21H2,(H,36,45)(H,37,44)/t29-/m1/s1. The fraction of sp³-hybridized carbons (Fsp3) is 0.545. The number of phenols is 1. The average molecular weight is 747 g/mol. The van der Waals surface area contributed by atoms with E-state index in [1.165, 1.54) is 19.3 Å². The van der Waals surface area contributed by atoms with Crippen molar-refractivity contribution in [2.45, 2.75) is 76.0 Å². The van der Waals surface area contributed by atoms with Gasteiger partial charge in [-0.1, -0.05) is 24.6 Å². The summed E-state index contributed by atoms with van der Waals surface area (Å²) in [4.78, 5) is 48.6. The second-order valence-electron chi connectivity index (χ2n) is 12.7. The fourth-order valence-electron chi connectivity index (χ4n) is 7.27. The first-order chi connectivity index (χ1) is 21.8. The zero-order valence-corrected chi connectivity index (χ0v) is 28.7. The van der Waals surface area contributed by atoms with E-state index in [-0.39, 0.29) is 29.8 Å². The molecular formula is C33H42Br2N6O4. The molecule has 6 rings (SSSR count). The summed E-state index contributed by atoms with van der Waals surface area (Å²) in [7, 11) is 0. The van der Waals surface area contributed by atoms with E-state index < -0.39 is 6.04 Å². The van der Waals surface area contributed by atoms with Crippen molar-refractivity contribution in [1.82, 2.24) is 24.9 Å². The van der Waals surface area contributed by atoms with Gasteiger partial charge >= 0.3 is 12.1 Å². The summed E-state index contributed by atoms with van der Waals surface area (Å²) in [5.41, 5.74) is 2.77. The Morgan fingerprint density at radius 2 is 1.51 bits per heavy atom. The van der Waals surface area contributed by atoms with Gasteiger partial charge in [-0.15, -0.1) is 0 Å². The number of urea groups is 2. The van der Waals surface area contributed by atoms with Crippen LogP contribution in [0.25, 0.3) is 0 Å². The highest BCUT2D eigenvalue weighted by Gasteiger charge is 2.35. The number of carbonyl (C=O) groups is 3. The molecule has 0 aliphatic carbocycles. The monoisotopic (exact) mass is 744 g/mol.